The van der Waals surface area contributed by atoms with E-state index in [2.05, 4.69) is 25.5 Å². The Balaban J connectivity index is 1.86. The van der Waals surface area contributed by atoms with Gasteiger partial charge in [0, 0.05) is 12.4 Å². The second-order valence-corrected chi connectivity index (χ2v) is 5.55. The summed E-state index contributed by atoms with van der Waals surface area (Å²) < 4.78 is 6.34. The Labute approximate surface area is 153 Å². The van der Waals surface area contributed by atoms with Gasteiger partial charge >= 0.3 is 5.97 Å². The molecule has 0 aliphatic rings. The van der Waals surface area contributed by atoms with Gasteiger partial charge in [-0.25, -0.2) is 14.8 Å². The van der Waals surface area contributed by atoms with Crippen molar-refractivity contribution in [1.29, 1.82) is 0 Å². The molecule has 3 aromatic rings. The number of ether oxygens (including phenoxy) is 1. The van der Waals surface area contributed by atoms with Crippen LogP contribution in [0.2, 0.25) is 5.02 Å². The summed E-state index contributed by atoms with van der Waals surface area (Å²) >= 11 is 5.99. The molecule has 1 amide bonds. The number of pyridine rings is 1. The van der Waals surface area contributed by atoms with Crippen LogP contribution in [0.25, 0.3) is 5.82 Å². The third-order valence-electron chi connectivity index (χ3n) is 3.44. The number of carbonyl (C=O) groups excluding carboxylic acids is 2. The van der Waals surface area contributed by atoms with Crippen molar-refractivity contribution < 1.29 is 14.3 Å². The number of halogens is 1. The number of aromatic nitrogens is 5. The maximum absolute atomic E-state index is 12.4. The third kappa shape index (κ3) is 3.52. The van der Waals surface area contributed by atoms with Crippen molar-refractivity contribution in [3.05, 3.63) is 58.9 Å². The molecule has 0 aromatic carbocycles. The number of esters is 1. The summed E-state index contributed by atoms with van der Waals surface area (Å²) in [7, 11) is 1.22. The highest BCUT2D eigenvalue weighted by atomic mass is 35.5. The number of nitrogens with one attached hydrogen (secondary N) is 1. The van der Waals surface area contributed by atoms with Crippen LogP contribution in [0, 0.1) is 6.92 Å². The molecule has 0 spiro atoms. The summed E-state index contributed by atoms with van der Waals surface area (Å²) in [4.78, 5) is 32.4. The molecule has 3 heterocycles. The van der Waals surface area contributed by atoms with Crippen molar-refractivity contribution in [2.24, 2.45) is 0 Å². The Morgan fingerprint density at radius 1 is 1.27 bits per heavy atom. The molecule has 0 saturated heterocycles. The predicted octanol–water partition coefficient (Wildman–Crippen LogP) is 2.06. The number of rotatable bonds is 4. The number of hydrogen-bond donors (Lipinski definition) is 1. The van der Waals surface area contributed by atoms with Crippen molar-refractivity contribution in [3.8, 4) is 5.82 Å². The van der Waals surface area contributed by atoms with Gasteiger partial charge in [-0.2, -0.15) is 0 Å². The van der Waals surface area contributed by atoms with Gasteiger partial charge in [-0.05, 0) is 25.1 Å². The topological polar surface area (TPSA) is 112 Å². The average Bonchev–Trinajstić information content (AvgIpc) is 3.18. The molecule has 26 heavy (non-hydrogen) atoms. The van der Waals surface area contributed by atoms with E-state index in [1.807, 2.05) is 0 Å². The summed E-state index contributed by atoms with van der Waals surface area (Å²) in [6, 6.07) is 4.50. The van der Waals surface area contributed by atoms with Gasteiger partial charge in [0.1, 0.15) is 17.7 Å². The zero-order valence-electron chi connectivity index (χ0n) is 13.8. The zero-order chi connectivity index (χ0) is 18.7. The van der Waals surface area contributed by atoms with E-state index in [1.165, 1.54) is 19.2 Å². The Kier molecular flexibility index (Phi) is 4.90. The molecule has 0 fully saturated rings. The monoisotopic (exact) mass is 372 g/mol. The van der Waals surface area contributed by atoms with Crippen LogP contribution in [-0.2, 0) is 4.74 Å². The molecule has 0 radical (unpaired) electrons. The summed E-state index contributed by atoms with van der Waals surface area (Å²) in [5.41, 5.74) is 0.551. The van der Waals surface area contributed by atoms with Gasteiger partial charge in [-0.3, -0.25) is 9.36 Å². The van der Waals surface area contributed by atoms with Crippen LogP contribution < -0.4 is 5.32 Å². The minimum atomic E-state index is -0.670. The van der Waals surface area contributed by atoms with Gasteiger partial charge in [0.25, 0.3) is 5.91 Å². The van der Waals surface area contributed by atoms with E-state index in [1.54, 1.807) is 36.3 Å². The maximum Gasteiger partial charge on any atom is 0.341 e. The van der Waals surface area contributed by atoms with Gasteiger partial charge in [0.05, 0.1) is 17.8 Å². The third-order valence-corrected chi connectivity index (χ3v) is 3.82. The standard InChI is InChI=1S/C16H13ClN6O3/c1-9-11(17)7-10(16(25)26-2)14(19-9)20-15(24)12-3-4-13(22-21-12)23-6-5-18-8-23/h3-8H,1-2H3,(H,19,20,24). The number of hydrogen-bond acceptors (Lipinski definition) is 7. The quantitative estimate of drug-likeness (QED) is 0.697. The van der Waals surface area contributed by atoms with Gasteiger partial charge in [0.15, 0.2) is 11.5 Å². The van der Waals surface area contributed by atoms with Gasteiger partial charge in [-0.15, -0.1) is 10.2 Å². The van der Waals surface area contributed by atoms with Crippen molar-refractivity contribution >= 4 is 29.3 Å². The molecule has 0 saturated carbocycles. The lowest BCUT2D eigenvalue weighted by Gasteiger charge is -2.10. The van der Waals surface area contributed by atoms with E-state index in [0.717, 1.165) is 0 Å². The van der Waals surface area contributed by atoms with Crippen LogP contribution in [0.3, 0.4) is 0 Å². The molecule has 10 heteroatoms. The summed E-state index contributed by atoms with van der Waals surface area (Å²) in [6.07, 6.45) is 4.87. The van der Waals surface area contributed by atoms with E-state index in [4.69, 9.17) is 16.3 Å². The van der Waals surface area contributed by atoms with E-state index >= 15 is 0 Å². The molecule has 1 N–H and O–H groups in total. The highest BCUT2D eigenvalue weighted by Crippen LogP contribution is 2.22. The molecule has 9 nitrogen and oxygen atoms in total. The fourth-order valence-corrected chi connectivity index (χ4v) is 2.24. The van der Waals surface area contributed by atoms with Crippen molar-refractivity contribution in [2.45, 2.75) is 6.92 Å². The van der Waals surface area contributed by atoms with E-state index in [0.29, 0.717) is 11.5 Å². The number of nitrogens with zero attached hydrogens (tertiary/aromatic N) is 5. The number of anilines is 1. The minimum Gasteiger partial charge on any atom is -0.465 e. The molecule has 0 atom stereocenters. The largest absolute Gasteiger partial charge is 0.465 e. The van der Waals surface area contributed by atoms with Crippen molar-refractivity contribution in [1.82, 2.24) is 24.7 Å². The fourth-order valence-electron chi connectivity index (χ4n) is 2.09. The molecule has 0 bridgehead atoms. The zero-order valence-corrected chi connectivity index (χ0v) is 14.6. The summed E-state index contributed by atoms with van der Waals surface area (Å²) in [6.45, 7) is 1.65. The lowest BCUT2D eigenvalue weighted by molar-refractivity contribution is 0.0601. The first-order valence-corrected chi connectivity index (χ1v) is 7.76. The summed E-state index contributed by atoms with van der Waals surface area (Å²) in [5, 5.41) is 10.7. The Bertz CT molecular complexity index is 957. The summed E-state index contributed by atoms with van der Waals surface area (Å²) in [5.74, 6) is -0.704. The SMILES string of the molecule is COC(=O)c1cc(Cl)c(C)nc1NC(=O)c1ccc(-n2ccnc2)nn1. The lowest BCUT2D eigenvalue weighted by atomic mass is 10.2. The molecular formula is C16H13ClN6O3. The smallest absolute Gasteiger partial charge is 0.341 e. The van der Waals surface area contributed by atoms with E-state index in [9.17, 15) is 9.59 Å². The van der Waals surface area contributed by atoms with E-state index in [-0.39, 0.29) is 22.1 Å². The maximum atomic E-state index is 12.4. The Hall–Kier alpha value is -3.33. The molecule has 3 aromatic heterocycles. The van der Waals surface area contributed by atoms with Crippen molar-refractivity contribution in [3.63, 3.8) is 0 Å². The minimum absolute atomic E-state index is 0.0317. The second-order valence-electron chi connectivity index (χ2n) is 5.14. The number of methoxy groups -OCH3 is 1. The van der Waals surface area contributed by atoms with Crippen LogP contribution >= 0.6 is 11.6 Å². The first-order valence-electron chi connectivity index (χ1n) is 7.38. The average molecular weight is 373 g/mol. The second kappa shape index (κ2) is 7.28. The molecular weight excluding hydrogens is 360 g/mol. The fraction of sp³-hybridized carbons (Fsp3) is 0.125. The van der Waals surface area contributed by atoms with Crippen LogP contribution in [0.4, 0.5) is 5.82 Å². The van der Waals surface area contributed by atoms with Crippen LogP contribution in [0.5, 0.6) is 0 Å². The number of imidazole rings is 1. The number of aryl methyl sites for hydroxylation is 1. The Morgan fingerprint density at radius 3 is 2.69 bits per heavy atom. The molecule has 0 unspecified atom stereocenters. The van der Waals surface area contributed by atoms with Gasteiger partial charge < -0.3 is 10.1 Å². The first kappa shape index (κ1) is 17.5. The normalized spacial score (nSPS) is 10.4. The highest BCUT2D eigenvalue weighted by Gasteiger charge is 2.19. The molecule has 132 valence electrons. The predicted molar refractivity (Wildman–Crippen MR) is 92.4 cm³/mol. The van der Waals surface area contributed by atoms with Crippen molar-refractivity contribution in [2.75, 3.05) is 12.4 Å². The highest BCUT2D eigenvalue weighted by molar-refractivity contribution is 6.31. The lowest BCUT2D eigenvalue weighted by Crippen LogP contribution is -2.19. The van der Waals surface area contributed by atoms with Crippen LogP contribution in [0.15, 0.2) is 36.9 Å². The van der Waals surface area contributed by atoms with Gasteiger partial charge in [-0.1, -0.05) is 11.6 Å². The molecule has 3 rings (SSSR count). The Morgan fingerprint density at radius 2 is 2.08 bits per heavy atom. The molecule has 0 aliphatic carbocycles. The van der Waals surface area contributed by atoms with E-state index < -0.39 is 11.9 Å². The van der Waals surface area contributed by atoms with Crippen LogP contribution in [0.1, 0.15) is 26.5 Å². The molecule has 0 aliphatic heterocycles. The first-order chi connectivity index (χ1) is 12.5. The van der Waals surface area contributed by atoms with Crippen LogP contribution in [-0.4, -0.2) is 43.7 Å². The van der Waals surface area contributed by atoms with Gasteiger partial charge in [0.2, 0.25) is 0 Å². The number of carbonyl (C=O) groups is 2. The number of amides is 1.